The molecule has 2 rings (SSSR count). The predicted octanol–water partition coefficient (Wildman–Crippen LogP) is 3.60. The summed E-state index contributed by atoms with van der Waals surface area (Å²) < 4.78 is 10.9. The Bertz CT molecular complexity index is 552. The Labute approximate surface area is 133 Å². The highest BCUT2D eigenvalue weighted by Crippen LogP contribution is 2.12. The van der Waals surface area contributed by atoms with E-state index in [4.69, 9.17) is 9.47 Å². The van der Waals surface area contributed by atoms with Crippen molar-refractivity contribution < 1.29 is 9.47 Å². The van der Waals surface area contributed by atoms with Crippen molar-refractivity contribution in [1.29, 1.82) is 0 Å². The van der Waals surface area contributed by atoms with Crippen LogP contribution in [-0.4, -0.2) is 26.8 Å². The lowest BCUT2D eigenvalue weighted by Crippen LogP contribution is -2.20. The molecule has 0 amide bonds. The van der Waals surface area contributed by atoms with Crippen LogP contribution < -0.4 is 14.8 Å². The summed E-state index contributed by atoms with van der Waals surface area (Å²) in [6.45, 7) is 4.78. The van der Waals surface area contributed by atoms with Crippen LogP contribution in [0.5, 0.6) is 11.5 Å². The summed E-state index contributed by atoms with van der Waals surface area (Å²) in [5.41, 5.74) is 2.56. The second-order valence-electron chi connectivity index (χ2n) is 5.37. The molecule has 0 radical (unpaired) electrons. The molecule has 0 saturated carbocycles. The highest BCUT2D eigenvalue weighted by atomic mass is 16.5. The molecule has 3 nitrogen and oxygen atoms in total. The molecule has 0 aromatic heterocycles. The zero-order valence-electron chi connectivity index (χ0n) is 13.5. The Balaban J connectivity index is 1.54. The van der Waals surface area contributed by atoms with E-state index in [2.05, 4.69) is 36.5 Å². The maximum absolute atomic E-state index is 5.72. The lowest BCUT2D eigenvalue weighted by Gasteiger charge is -2.08. The van der Waals surface area contributed by atoms with Gasteiger partial charge in [0.05, 0.1) is 13.7 Å². The first kappa shape index (κ1) is 16.4. The third kappa shape index (κ3) is 5.78. The van der Waals surface area contributed by atoms with Crippen molar-refractivity contribution in [2.24, 2.45) is 0 Å². The van der Waals surface area contributed by atoms with E-state index in [1.165, 1.54) is 11.1 Å². The highest BCUT2D eigenvalue weighted by molar-refractivity contribution is 5.28. The number of rotatable bonds is 9. The number of methoxy groups -OCH3 is 1. The molecule has 1 N–H and O–H groups in total. The third-order valence-corrected chi connectivity index (χ3v) is 3.51. The number of hydrogen-bond donors (Lipinski definition) is 1. The van der Waals surface area contributed by atoms with Crippen molar-refractivity contribution in [3.05, 3.63) is 59.7 Å². The van der Waals surface area contributed by atoms with Crippen LogP contribution in [0.25, 0.3) is 0 Å². The Morgan fingerprint density at radius 1 is 0.955 bits per heavy atom. The molecule has 0 heterocycles. The molecule has 0 saturated heterocycles. The van der Waals surface area contributed by atoms with Crippen molar-refractivity contribution >= 4 is 0 Å². The molecule has 3 heteroatoms. The van der Waals surface area contributed by atoms with E-state index >= 15 is 0 Å². The van der Waals surface area contributed by atoms with Gasteiger partial charge in [0, 0.05) is 0 Å². The normalized spacial score (nSPS) is 10.5. The second-order valence-corrected chi connectivity index (χ2v) is 5.37. The number of aryl methyl sites for hydroxylation is 1. The molecule has 0 aliphatic heterocycles. The lowest BCUT2D eigenvalue weighted by molar-refractivity contribution is 0.308. The first-order chi connectivity index (χ1) is 10.8. The maximum atomic E-state index is 5.72. The van der Waals surface area contributed by atoms with E-state index in [1.54, 1.807) is 7.11 Å². The van der Waals surface area contributed by atoms with Gasteiger partial charge in [-0.15, -0.1) is 0 Å². The number of benzene rings is 2. The van der Waals surface area contributed by atoms with Crippen molar-refractivity contribution in [1.82, 2.24) is 5.32 Å². The van der Waals surface area contributed by atoms with E-state index in [1.807, 2.05) is 24.3 Å². The van der Waals surface area contributed by atoms with Crippen LogP contribution in [0.2, 0.25) is 0 Å². The van der Waals surface area contributed by atoms with Crippen molar-refractivity contribution in [3.63, 3.8) is 0 Å². The summed E-state index contributed by atoms with van der Waals surface area (Å²) in [5.74, 6) is 1.86. The Morgan fingerprint density at radius 3 is 2.50 bits per heavy atom. The summed E-state index contributed by atoms with van der Waals surface area (Å²) in [4.78, 5) is 0. The molecule has 22 heavy (non-hydrogen) atoms. The summed E-state index contributed by atoms with van der Waals surface area (Å²) in [6, 6.07) is 16.4. The fourth-order valence-electron chi connectivity index (χ4n) is 2.24. The Kier molecular flexibility index (Phi) is 6.78. The molecule has 0 atom stereocenters. The van der Waals surface area contributed by atoms with Gasteiger partial charge in [-0.2, -0.15) is 0 Å². The molecule has 2 aromatic rings. The number of ether oxygens (including phenoxy) is 2. The molecule has 0 bridgehead atoms. The first-order valence-electron chi connectivity index (χ1n) is 7.81. The lowest BCUT2D eigenvalue weighted by atomic mass is 10.1. The number of hydrogen-bond acceptors (Lipinski definition) is 3. The van der Waals surface area contributed by atoms with Gasteiger partial charge in [-0.1, -0.05) is 24.3 Å². The molecular weight excluding hydrogens is 274 g/mol. The van der Waals surface area contributed by atoms with Crippen molar-refractivity contribution in [2.45, 2.75) is 19.8 Å². The van der Waals surface area contributed by atoms with Crippen LogP contribution in [-0.2, 0) is 6.42 Å². The van der Waals surface area contributed by atoms with Gasteiger partial charge < -0.3 is 14.8 Å². The summed E-state index contributed by atoms with van der Waals surface area (Å²) in [5, 5.41) is 3.45. The summed E-state index contributed by atoms with van der Waals surface area (Å²) in [7, 11) is 1.69. The first-order valence-corrected chi connectivity index (χ1v) is 7.81. The molecule has 2 aromatic carbocycles. The average molecular weight is 299 g/mol. The Morgan fingerprint density at radius 2 is 1.77 bits per heavy atom. The molecule has 0 unspecified atom stereocenters. The van der Waals surface area contributed by atoms with Crippen molar-refractivity contribution in [3.8, 4) is 11.5 Å². The van der Waals surface area contributed by atoms with Gasteiger partial charge in [-0.05, 0) is 68.2 Å². The van der Waals surface area contributed by atoms with Crippen LogP contribution in [0.4, 0.5) is 0 Å². The monoisotopic (exact) mass is 299 g/mol. The topological polar surface area (TPSA) is 30.5 Å². The molecule has 118 valence electrons. The Hall–Kier alpha value is -2.00. The zero-order chi connectivity index (χ0) is 15.6. The van der Waals surface area contributed by atoms with Gasteiger partial charge >= 0.3 is 0 Å². The van der Waals surface area contributed by atoms with E-state index in [-0.39, 0.29) is 0 Å². The largest absolute Gasteiger partial charge is 0.497 e. The predicted molar refractivity (Wildman–Crippen MR) is 90.9 cm³/mol. The second kappa shape index (κ2) is 9.11. The van der Waals surface area contributed by atoms with Crippen LogP contribution in [0.3, 0.4) is 0 Å². The van der Waals surface area contributed by atoms with Crippen LogP contribution in [0.15, 0.2) is 48.5 Å². The highest BCUT2D eigenvalue weighted by Gasteiger charge is 1.96. The van der Waals surface area contributed by atoms with Gasteiger partial charge in [-0.25, -0.2) is 0 Å². The number of nitrogens with one attached hydrogen (secondary N) is 1. The van der Waals surface area contributed by atoms with Crippen LogP contribution in [0, 0.1) is 6.92 Å². The molecule has 0 aliphatic rings. The fraction of sp³-hybridized carbons (Fsp3) is 0.368. The van der Waals surface area contributed by atoms with Crippen LogP contribution >= 0.6 is 0 Å². The molecule has 0 fully saturated rings. The van der Waals surface area contributed by atoms with Gasteiger partial charge in [-0.3, -0.25) is 0 Å². The van der Waals surface area contributed by atoms with E-state index in [9.17, 15) is 0 Å². The summed E-state index contributed by atoms with van der Waals surface area (Å²) >= 11 is 0. The van der Waals surface area contributed by atoms with Crippen molar-refractivity contribution in [2.75, 3.05) is 26.8 Å². The summed E-state index contributed by atoms with van der Waals surface area (Å²) in [6.07, 6.45) is 2.04. The molecule has 0 spiro atoms. The van der Waals surface area contributed by atoms with Gasteiger partial charge in [0.15, 0.2) is 0 Å². The zero-order valence-corrected chi connectivity index (χ0v) is 13.5. The van der Waals surface area contributed by atoms with Crippen LogP contribution in [0.1, 0.15) is 17.5 Å². The smallest absolute Gasteiger partial charge is 0.119 e. The quantitative estimate of drug-likeness (QED) is 0.718. The third-order valence-electron chi connectivity index (χ3n) is 3.51. The molecule has 0 aliphatic carbocycles. The van der Waals surface area contributed by atoms with Gasteiger partial charge in [0.1, 0.15) is 11.5 Å². The standard InChI is InChI=1S/C19H25NO2/c1-16-5-3-6-19(15-16)22-14-4-12-20-13-11-17-7-9-18(21-2)10-8-17/h3,5-10,15,20H,4,11-14H2,1-2H3. The van der Waals surface area contributed by atoms with E-state index < -0.39 is 0 Å². The van der Waals surface area contributed by atoms with E-state index in [0.717, 1.165) is 44.0 Å². The van der Waals surface area contributed by atoms with Gasteiger partial charge in [0.25, 0.3) is 0 Å². The molecular formula is C19H25NO2. The minimum absolute atomic E-state index is 0.749. The maximum Gasteiger partial charge on any atom is 0.119 e. The minimum Gasteiger partial charge on any atom is -0.497 e. The minimum atomic E-state index is 0.749. The van der Waals surface area contributed by atoms with Gasteiger partial charge in [0.2, 0.25) is 0 Å². The average Bonchev–Trinajstić information content (AvgIpc) is 2.54. The fourth-order valence-corrected chi connectivity index (χ4v) is 2.24. The SMILES string of the molecule is COc1ccc(CCNCCCOc2cccc(C)c2)cc1. The van der Waals surface area contributed by atoms with E-state index in [0.29, 0.717) is 0 Å².